The highest BCUT2D eigenvalue weighted by Crippen LogP contribution is 2.21. The van der Waals surface area contributed by atoms with Gasteiger partial charge in [-0.2, -0.15) is 0 Å². The molecule has 0 aliphatic heterocycles. The maximum atomic E-state index is 12.7. The van der Waals surface area contributed by atoms with Crippen LogP contribution >= 0.6 is 0 Å². The Morgan fingerprint density at radius 3 is 0.593 bits per heavy atom. The number of nitrogens with one attached hydrogen (secondary N) is 1. The van der Waals surface area contributed by atoms with Crippen LogP contribution in [0.15, 0.2) is 0 Å². The maximum Gasteiger partial charge on any atom is 0.249 e. The summed E-state index contributed by atoms with van der Waals surface area (Å²) < 4.78 is 0. The predicted molar refractivity (Wildman–Crippen MR) is 358 cm³/mol. The quantitative estimate of drug-likeness (QED) is 0.0390. The third kappa shape index (κ3) is 63.6. The normalized spacial score (nSPS) is 13.3. The van der Waals surface area contributed by atoms with E-state index in [4.69, 9.17) is 0 Å². The Morgan fingerprint density at radius 1 is 0.259 bits per heavy atom. The molecule has 0 spiro atoms. The van der Waals surface area contributed by atoms with E-state index in [0.717, 1.165) is 38.5 Å². The Morgan fingerprint density at radius 2 is 0.420 bits per heavy atom. The number of aliphatic hydroxyl groups excluding tert-OH is 4. The largest absolute Gasteiger partial charge is 0.394 e. The summed E-state index contributed by atoms with van der Waals surface area (Å²) in [6, 6.07) is -0.983. The summed E-state index contributed by atoms with van der Waals surface area (Å²) >= 11 is 0. The monoisotopic (exact) mass is 1150 g/mol. The van der Waals surface area contributed by atoms with Crippen molar-refractivity contribution in [3.05, 3.63) is 0 Å². The van der Waals surface area contributed by atoms with Crippen molar-refractivity contribution in [3.8, 4) is 0 Å². The molecule has 6 heteroatoms. The SMILES string of the molecule is CCCCCCCCCCCCCCCCCCCCCCCCCCCCCCCCCCCCCCC(O)C(=O)NC(CO)C(O)C(O)CCCCCCCCCCCCCCCCCCCCCCCCCCCCCCC. The zero-order valence-electron chi connectivity index (χ0n) is 55.6. The summed E-state index contributed by atoms with van der Waals surface area (Å²) in [6.07, 6.45) is 86.9. The first-order valence-electron chi connectivity index (χ1n) is 37.9. The molecule has 486 valence electrons. The van der Waals surface area contributed by atoms with E-state index in [1.165, 1.54) is 379 Å². The van der Waals surface area contributed by atoms with Gasteiger partial charge in [0, 0.05) is 0 Å². The van der Waals surface area contributed by atoms with Crippen LogP contribution in [0.2, 0.25) is 0 Å². The van der Waals surface area contributed by atoms with Crippen LogP contribution in [-0.2, 0) is 4.79 Å². The van der Waals surface area contributed by atoms with Gasteiger partial charge in [0.25, 0.3) is 0 Å². The van der Waals surface area contributed by atoms with Gasteiger partial charge < -0.3 is 25.7 Å². The lowest BCUT2D eigenvalue weighted by Gasteiger charge is -2.27. The molecule has 81 heavy (non-hydrogen) atoms. The first kappa shape index (κ1) is 80.3. The lowest BCUT2D eigenvalue weighted by molar-refractivity contribution is -0.132. The average molecular weight is 1150 g/mol. The number of carbonyl (C=O) groups is 1. The van der Waals surface area contributed by atoms with Crippen molar-refractivity contribution in [1.82, 2.24) is 5.32 Å². The van der Waals surface area contributed by atoms with E-state index >= 15 is 0 Å². The van der Waals surface area contributed by atoms with Gasteiger partial charge >= 0.3 is 0 Å². The van der Waals surface area contributed by atoms with Crippen molar-refractivity contribution in [2.75, 3.05) is 6.61 Å². The molecule has 0 rings (SSSR count). The number of amides is 1. The first-order chi connectivity index (χ1) is 40.0. The van der Waals surface area contributed by atoms with Gasteiger partial charge in [0.05, 0.1) is 18.8 Å². The maximum absolute atomic E-state index is 12.7. The number of rotatable bonds is 72. The molecule has 0 radical (unpaired) electrons. The molecule has 1 amide bonds. The van der Waals surface area contributed by atoms with E-state index in [1.807, 2.05) is 0 Å². The van der Waals surface area contributed by atoms with Gasteiger partial charge in [-0.25, -0.2) is 0 Å². The Bertz CT molecular complexity index is 1150. The number of hydrogen-bond acceptors (Lipinski definition) is 5. The van der Waals surface area contributed by atoms with Crippen LogP contribution in [-0.4, -0.2) is 57.3 Å². The Hall–Kier alpha value is -0.690. The van der Waals surface area contributed by atoms with Crippen LogP contribution in [0.5, 0.6) is 0 Å². The van der Waals surface area contributed by atoms with Gasteiger partial charge in [0.1, 0.15) is 12.2 Å². The van der Waals surface area contributed by atoms with Crippen LogP contribution in [0.4, 0.5) is 0 Å². The number of unbranched alkanes of at least 4 members (excludes halogenated alkanes) is 63. The van der Waals surface area contributed by atoms with Crippen LogP contribution < -0.4 is 5.32 Å². The van der Waals surface area contributed by atoms with Gasteiger partial charge in [0.2, 0.25) is 5.91 Å². The fourth-order valence-corrected chi connectivity index (χ4v) is 12.7. The lowest BCUT2D eigenvalue weighted by Crippen LogP contribution is -2.53. The van der Waals surface area contributed by atoms with Crippen LogP contribution in [0.3, 0.4) is 0 Å². The molecule has 0 aliphatic carbocycles. The molecule has 6 nitrogen and oxygen atoms in total. The molecule has 4 unspecified atom stereocenters. The summed E-state index contributed by atoms with van der Waals surface area (Å²) in [5.41, 5.74) is 0. The minimum absolute atomic E-state index is 0.377. The standard InChI is InChI=1S/C75H151NO5/c1-3-5-7-9-11-13-15-17-19-21-23-25-27-29-31-33-34-35-36-37-38-39-41-43-45-47-49-51-53-55-57-59-61-63-65-67-69-73(79)75(81)76-71(70-77)74(80)72(78)68-66-64-62-60-58-56-54-52-50-48-46-44-42-40-32-30-28-26-24-22-20-18-16-14-12-10-8-6-4-2/h71-74,77-80H,3-70H2,1-2H3,(H,76,81). The number of hydrogen-bond donors (Lipinski definition) is 5. The average Bonchev–Trinajstić information content (AvgIpc) is 3.47. The molecule has 0 fully saturated rings. The zero-order valence-corrected chi connectivity index (χ0v) is 55.6. The van der Waals surface area contributed by atoms with Gasteiger partial charge in [-0.3, -0.25) is 4.79 Å². The number of carbonyl (C=O) groups excluding carboxylic acids is 1. The van der Waals surface area contributed by atoms with Crippen molar-refractivity contribution in [1.29, 1.82) is 0 Å². The summed E-state index contributed by atoms with van der Waals surface area (Å²) in [7, 11) is 0. The van der Waals surface area contributed by atoms with Crippen molar-refractivity contribution >= 4 is 5.91 Å². The van der Waals surface area contributed by atoms with Gasteiger partial charge in [0.15, 0.2) is 0 Å². The van der Waals surface area contributed by atoms with Gasteiger partial charge in [-0.15, -0.1) is 0 Å². The molecule has 0 aromatic carbocycles. The molecular formula is C75H151NO5. The molecule has 0 bridgehead atoms. The minimum atomic E-state index is -1.26. The molecule has 0 aromatic heterocycles. The Balaban J connectivity index is 3.47. The van der Waals surface area contributed by atoms with Crippen molar-refractivity contribution in [3.63, 3.8) is 0 Å². The molecule has 4 atom stereocenters. The van der Waals surface area contributed by atoms with E-state index in [-0.39, 0.29) is 0 Å². The smallest absolute Gasteiger partial charge is 0.249 e. The molecule has 0 aliphatic rings. The Labute approximate surface area is 509 Å². The fraction of sp³-hybridized carbons (Fsp3) is 0.987. The molecule has 0 saturated heterocycles. The second-order valence-electron chi connectivity index (χ2n) is 26.7. The lowest BCUT2D eigenvalue weighted by atomic mass is 9.99. The molecule has 0 heterocycles. The van der Waals surface area contributed by atoms with E-state index in [2.05, 4.69) is 19.2 Å². The van der Waals surface area contributed by atoms with E-state index in [0.29, 0.717) is 12.8 Å². The molecule has 0 aromatic rings. The summed E-state index contributed by atoms with van der Waals surface area (Å²) in [5, 5.41) is 44.3. The second kappa shape index (κ2) is 70.1. The second-order valence-corrected chi connectivity index (χ2v) is 26.7. The Kier molecular flexibility index (Phi) is 69.5. The molecule has 5 N–H and O–H groups in total. The van der Waals surface area contributed by atoms with Crippen molar-refractivity contribution in [2.45, 2.75) is 468 Å². The van der Waals surface area contributed by atoms with Crippen LogP contribution in [0.25, 0.3) is 0 Å². The fourth-order valence-electron chi connectivity index (χ4n) is 12.7. The zero-order chi connectivity index (χ0) is 58.7. The van der Waals surface area contributed by atoms with E-state index < -0.39 is 36.9 Å². The van der Waals surface area contributed by atoms with Crippen molar-refractivity contribution < 1.29 is 25.2 Å². The van der Waals surface area contributed by atoms with E-state index in [1.54, 1.807) is 0 Å². The predicted octanol–water partition coefficient (Wildman–Crippen LogP) is 23.7. The summed E-state index contributed by atoms with van der Waals surface area (Å²) in [5.74, 6) is -0.572. The summed E-state index contributed by atoms with van der Waals surface area (Å²) in [6.45, 7) is 4.13. The third-order valence-electron chi connectivity index (χ3n) is 18.6. The minimum Gasteiger partial charge on any atom is -0.394 e. The topological polar surface area (TPSA) is 110 Å². The van der Waals surface area contributed by atoms with Gasteiger partial charge in [-0.05, 0) is 12.8 Å². The van der Waals surface area contributed by atoms with Crippen molar-refractivity contribution in [2.24, 2.45) is 0 Å². The molecule has 0 saturated carbocycles. The highest BCUT2D eigenvalue weighted by molar-refractivity contribution is 5.80. The van der Waals surface area contributed by atoms with E-state index in [9.17, 15) is 25.2 Å². The van der Waals surface area contributed by atoms with Gasteiger partial charge in [-0.1, -0.05) is 431 Å². The van der Waals surface area contributed by atoms with Crippen LogP contribution in [0, 0.1) is 0 Å². The van der Waals surface area contributed by atoms with Crippen LogP contribution in [0.1, 0.15) is 444 Å². The summed E-state index contributed by atoms with van der Waals surface area (Å²) in [4.78, 5) is 12.7. The third-order valence-corrected chi connectivity index (χ3v) is 18.6. The highest BCUT2D eigenvalue weighted by Gasteiger charge is 2.29. The molecular weight excluding hydrogens is 995 g/mol. The highest BCUT2D eigenvalue weighted by atomic mass is 16.3. The first-order valence-corrected chi connectivity index (χ1v) is 37.9. The number of aliphatic hydroxyl groups is 4.